The van der Waals surface area contributed by atoms with Crippen molar-refractivity contribution in [2.75, 3.05) is 11.2 Å². The molecule has 11 heteroatoms. The minimum atomic E-state index is -3.02. The smallest absolute Gasteiger partial charge is 0.268 e. The van der Waals surface area contributed by atoms with Crippen LogP contribution in [0, 0.1) is 30.3 Å². The highest BCUT2D eigenvalue weighted by Crippen LogP contribution is 2.37. The maximum Gasteiger partial charge on any atom is 0.268 e. The van der Waals surface area contributed by atoms with Crippen LogP contribution in [0.3, 0.4) is 0 Å². The first-order valence-corrected chi connectivity index (χ1v) is 13.1. The standard InChI is InChI=1S/C25H23F2N5O3S/c1-13-8-23(36(4,28)34)29-10-16(13)17-11-31-21(14(2)30-22(31)9-19(17)27)12-32-20-7-5-6-18(26)24(20)35-15(3)25(32)33/h5-11,15,28H,12H2,1-4H3/t15-,36?/m0/s1. The second kappa shape index (κ2) is 8.37. The van der Waals surface area contributed by atoms with E-state index in [1.54, 1.807) is 37.4 Å². The van der Waals surface area contributed by atoms with Crippen LogP contribution in [0.5, 0.6) is 5.75 Å². The van der Waals surface area contributed by atoms with Crippen LogP contribution in [0.1, 0.15) is 23.9 Å². The molecule has 0 aliphatic carbocycles. The van der Waals surface area contributed by atoms with Crippen molar-refractivity contribution >= 4 is 27.0 Å². The molecule has 3 aromatic heterocycles. The Labute approximate surface area is 206 Å². The Morgan fingerprint density at radius 3 is 2.61 bits per heavy atom. The van der Waals surface area contributed by atoms with Gasteiger partial charge < -0.3 is 9.14 Å². The number of para-hydroxylation sites is 1. The van der Waals surface area contributed by atoms with Gasteiger partial charge in [-0.2, -0.15) is 0 Å². The van der Waals surface area contributed by atoms with E-state index < -0.39 is 27.5 Å². The summed E-state index contributed by atoms with van der Waals surface area (Å²) >= 11 is 0. The summed E-state index contributed by atoms with van der Waals surface area (Å²) in [5.74, 6) is -1.42. The van der Waals surface area contributed by atoms with E-state index in [4.69, 9.17) is 9.52 Å². The van der Waals surface area contributed by atoms with Crippen molar-refractivity contribution < 1.29 is 22.5 Å². The van der Waals surface area contributed by atoms with E-state index in [0.29, 0.717) is 33.8 Å². The zero-order valence-corrected chi connectivity index (χ0v) is 20.8. The zero-order chi connectivity index (χ0) is 25.9. The highest BCUT2D eigenvalue weighted by atomic mass is 32.2. The first kappa shape index (κ1) is 23.9. The molecule has 36 heavy (non-hydrogen) atoms. The molecule has 1 N–H and O–H groups in total. The Hall–Kier alpha value is -3.86. The van der Waals surface area contributed by atoms with Gasteiger partial charge in [0.1, 0.15) is 16.5 Å². The minimum absolute atomic E-state index is 0.00601. The lowest BCUT2D eigenvalue weighted by Gasteiger charge is -2.33. The van der Waals surface area contributed by atoms with Crippen molar-refractivity contribution in [2.45, 2.75) is 38.4 Å². The van der Waals surface area contributed by atoms with Gasteiger partial charge in [0.2, 0.25) is 0 Å². The number of hydrogen-bond acceptors (Lipinski definition) is 6. The van der Waals surface area contributed by atoms with Crippen molar-refractivity contribution in [3.63, 3.8) is 0 Å². The van der Waals surface area contributed by atoms with Crippen LogP contribution in [0.15, 0.2) is 47.8 Å². The first-order valence-electron chi connectivity index (χ1n) is 11.1. The quantitative estimate of drug-likeness (QED) is 0.430. The number of aryl methyl sites for hydroxylation is 2. The number of nitrogens with one attached hydrogen (secondary N) is 1. The number of carbonyl (C=O) groups is 1. The van der Waals surface area contributed by atoms with Crippen molar-refractivity contribution in [1.82, 2.24) is 14.4 Å². The molecule has 0 spiro atoms. The third kappa shape index (κ3) is 3.89. The van der Waals surface area contributed by atoms with E-state index in [2.05, 4.69) is 9.97 Å². The SMILES string of the molecule is Cc1cc(S(C)(=N)=O)ncc1-c1cn2c(CN3C(=O)[C@H](C)Oc4c(F)cccc43)c(C)nc2cc1F. The number of rotatable bonds is 4. The lowest BCUT2D eigenvalue weighted by Crippen LogP contribution is -2.44. The molecular weight excluding hydrogens is 488 g/mol. The van der Waals surface area contributed by atoms with E-state index in [9.17, 15) is 13.4 Å². The molecule has 1 aromatic carbocycles. The van der Waals surface area contributed by atoms with Gasteiger partial charge in [-0.15, -0.1) is 0 Å². The molecule has 0 bridgehead atoms. The number of aromatic nitrogens is 3. The summed E-state index contributed by atoms with van der Waals surface area (Å²) in [6.07, 6.45) is 3.39. The topological polar surface area (TPSA) is 101 Å². The van der Waals surface area contributed by atoms with Gasteiger partial charge in [0.05, 0.1) is 33.3 Å². The van der Waals surface area contributed by atoms with Crippen LogP contribution in [0.2, 0.25) is 0 Å². The monoisotopic (exact) mass is 511 g/mol. The van der Waals surface area contributed by atoms with Crippen molar-refractivity contribution in [1.29, 1.82) is 4.78 Å². The number of benzene rings is 1. The fourth-order valence-corrected chi connectivity index (χ4v) is 5.00. The Morgan fingerprint density at radius 1 is 1.17 bits per heavy atom. The lowest BCUT2D eigenvalue weighted by atomic mass is 10.0. The number of anilines is 1. The van der Waals surface area contributed by atoms with Crippen LogP contribution in [0.4, 0.5) is 14.5 Å². The number of ether oxygens (including phenoxy) is 1. The Kier molecular flexibility index (Phi) is 5.55. The molecule has 1 aliphatic rings. The highest BCUT2D eigenvalue weighted by Gasteiger charge is 2.34. The largest absolute Gasteiger partial charge is 0.476 e. The summed E-state index contributed by atoms with van der Waals surface area (Å²) in [6.45, 7) is 5.11. The molecule has 1 amide bonds. The molecule has 1 aliphatic heterocycles. The normalized spacial score (nSPS) is 17.1. The summed E-state index contributed by atoms with van der Waals surface area (Å²) in [6, 6.07) is 7.21. The Morgan fingerprint density at radius 2 is 1.92 bits per heavy atom. The zero-order valence-electron chi connectivity index (χ0n) is 20.0. The maximum absolute atomic E-state index is 15.2. The minimum Gasteiger partial charge on any atom is -0.476 e. The van der Waals surface area contributed by atoms with Crippen molar-refractivity contribution in [2.24, 2.45) is 0 Å². The highest BCUT2D eigenvalue weighted by molar-refractivity contribution is 7.91. The summed E-state index contributed by atoms with van der Waals surface area (Å²) < 4.78 is 56.6. The number of imidazole rings is 1. The maximum atomic E-state index is 15.2. The fraction of sp³-hybridized carbons (Fsp3) is 0.240. The molecule has 0 saturated carbocycles. The number of pyridine rings is 2. The molecule has 186 valence electrons. The number of amides is 1. The van der Waals surface area contributed by atoms with Gasteiger partial charge in [-0.05, 0) is 44.5 Å². The fourth-order valence-electron chi connectivity index (χ4n) is 4.35. The molecule has 4 aromatic rings. The van der Waals surface area contributed by atoms with Crippen LogP contribution in [-0.4, -0.2) is 36.8 Å². The van der Waals surface area contributed by atoms with E-state index in [1.807, 2.05) is 0 Å². The van der Waals surface area contributed by atoms with Crippen LogP contribution in [-0.2, 0) is 21.1 Å². The summed E-state index contributed by atoms with van der Waals surface area (Å²) in [4.78, 5) is 23.0. The predicted octanol–water partition coefficient (Wildman–Crippen LogP) is 4.64. The molecule has 0 radical (unpaired) electrons. The Bertz CT molecular complexity index is 1670. The lowest BCUT2D eigenvalue weighted by molar-refractivity contribution is -0.125. The molecule has 8 nitrogen and oxygen atoms in total. The second-order valence-corrected chi connectivity index (χ2v) is 11.0. The van der Waals surface area contributed by atoms with E-state index in [0.717, 1.165) is 0 Å². The molecule has 1 unspecified atom stereocenters. The summed E-state index contributed by atoms with van der Waals surface area (Å²) in [5, 5.41) is 0.121. The van der Waals surface area contributed by atoms with Crippen LogP contribution in [0.25, 0.3) is 16.8 Å². The number of hydrogen-bond donors (Lipinski definition) is 1. The van der Waals surface area contributed by atoms with E-state index in [-0.39, 0.29) is 28.8 Å². The molecule has 0 saturated heterocycles. The van der Waals surface area contributed by atoms with Crippen molar-refractivity contribution in [3.8, 4) is 16.9 Å². The third-order valence-corrected chi connectivity index (χ3v) is 7.26. The summed E-state index contributed by atoms with van der Waals surface area (Å²) in [5.41, 5.74) is 3.18. The van der Waals surface area contributed by atoms with Crippen molar-refractivity contribution in [3.05, 3.63) is 71.3 Å². The van der Waals surface area contributed by atoms with Crippen LogP contribution < -0.4 is 9.64 Å². The first-order chi connectivity index (χ1) is 17.0. The van der Waals surface area contributed by atoms with Gasteiger partial charge in [-0.25, -0.2) is 27.7 Å². The van der Waals surface area contributed by atoms with Gasteiger partial charge in [-0.1, -0.05) is 6.07 Å². The molecular formula is C25H23F2N5O3S. The molecule has 0 fully saturated rings. The van der Waals surface area contributed by atoms with Gasteiger partial charge in [0.25, 0.3) is 5.91 Å². The molecule has 4 heterocycles. The molecule has 5 rings (SSSR count). The second-order valence-electron chi connectivity index (χ2n) is 8.86. The summed E-state index contributed by atoms with van der Waals surface area (Å²) in [7, 11) is -3.02. The number of halogens is 2. The van der Waals surface area contributed by atoms with E-state index in [1.165, 1.54) is 41.6 Å². The van der Waals surface area contributed by atoms with Gasteiger partial charge in [0.15, 0.2) is 17.7 Å². The third-order valence-electron chi connectivity index (χ3n) is 6.24. The van der Waals surface area contributed by atoms with Crippen LogP contribution >= 0.6 is 0 Å². The van der Waals surface area contributed by atoms with Gasteiger partial charge >= 0.3 is 0 Å². The van der Waals surface area contributed by atoms with E-state index >= 15 is 4.39 Å². The average Bonchev–Trinajstić information content (AvgIpc) is 3.10. The molecule has 2 atom stereocenters. The number of nitrogens with zero attached hydrogens (tertiary/aromatic N) is 4. The predicted molar refractivity (Wildman–Crippen MR) is 131 cm³/mol. The average molecular weight is 512 g/mol. The number of carbonyl (C=O) groups excluding carboxylic acids is 1. The van der Waals surface area contributed by atoms with Gasteiger partial charge in [-0.3, -0.25) is 9.69 Å². The van der Waals surface area contributed by atoms with Gasteiger partial charge in [0, 0.05) is 35.8 Å². The number of fused-ring (bicyclic) bond motifs is 2. The Balaban J connectivity index is 1.63.